The van der Waals surface area contributed by atoms with Crippen molar-refractivity contribution in [1.82, 2.24) is 0 Å². The van der Waals surface area contributed by atoms with Gasteiger partial charge in [-0.1, -0.05) is 20.3 Å². The maximum absolute atomic E-state index is 4.38. The molecular formula is C11H20NW-. The summed E-state index contributed by atoms with van der Waals surface area (Å²) < 4.78 is 0. The first-order valence-electron chi connectivity index (χ1n) is 5.13. The van der Waals surface area contributed by atoms with Crippen LogP contribution in [-0.4, -0.2) is 12.8 Å². The van der Waals surface area contributed by atoms with E-state index in [0.717, 1.165) is 5.92 Å². The Bertz CT molecular complexity index is 161. The van der Waals surface area contributed by atoms with Gasteiger partial charge in [-0.25, -0.2) is 0 Å². The molecule has 1 atom stereocenters. The summed E-state index contributed by atoms with van der Waals surface area (Å²) in [5.41, 5.74) is 1.45. The Morgan fingerprint density at radius 2 is 2.00 bits per heavy atom. The van der Waals surface area contributed by atoms with E-state index >= 15 is 0 Å². The van der Waals surface area contributed by atoms with Crippen LogP contribution in [0.1, 0.15) is 46.0 Å². The van der Waals surface area contributed by atoms with Gasteiger partial charge in [-0.3, -0.25) is 4.99 Å². The van der Waals surface area contributed by atoms with Crippen LogP contribution in [0.15, 0.2) is 4.99 Å². The van der Waals surface area contributed by atoms with Crippen molar-refractivity contribution >= 4 is 5.71 Å². The van der Waals surface area contributed by atoms with Crippen LogP contribution in [0.5, 0.6) is 0 Å². The van der Waals surface area contributed by atoms with Crippen LogP contribution in [0.3, 0.4) is 0 Å². The monoisotopic (exact) mass is 350 g/mol. The molecule has 1 saturated carbocycles. The normalized spacial score (nSPS) is 25.2. The molecule has 0 aromatic heterocycles. The Morgan fingerprint density at radius 3 is 2.46 bits per heavy atom. The van der Waals surface area contributed by atoms with Gasteiger partial charge in [0.15, 0.2) is 0 Å². The van der Waals surface area contributed by atoms with E-state index in [-0.39, 0.29) is 21.1 Å². The van der Waals surface area contributed by atoms with E-state index in [1.807, 2.05) is 7.05 Å². The summed E-state index contributed by atoms with van der Waals surface area (Å²) in [5, 5.41) is 0. The Balaban J connectivity index is 0.00000144. The summed E-state index contributed by atoms with van der Waals surface area (Å²) in [5.74, 6) is 2.44. The maximum Gasteiger partial charge on any atom is 0.0275 e. The summed E-state index contributed by atoms with van der Waals surface area (Å²) in [6.07, 6.45) is 6.41. The van der Waals surface area contributed by atoms with Crippen LogP contribution >= 0.6 is 0 Å². The Morgan fingerprint density at radius 1 is 1.38 bits per heavy atom. The van der Waals surface area contributed by atoms with E-state index < -0.39 is 0 Å². The van der Waals surface area contributed by atoms with Crippen molar-refractivity contribution in [1.29, 1.82) is 0 Å². The number of aliphatic imine (C=N–C) groups is 1. The maximum atomic E-state index is 4.38. The van der Waals surface area contributed by atoms with Crippen molar-refractivity contribution in [2.45, 2.75) is 46.0 Å². The standard InChI is InChI=1S/C11H20N.W/c1-4-9(5-2)10-7-6-8-11(10)12-3;/h10H,4-8H2,1-3H3;/q-1;. The van der Waals surface area contributed by atoms with Gasteiger partial charge < -0.3 is 5.92 Å². The van der Waals surface area contributed by atoms with E-state index in [2.05, 4.69) is 18.8 Å². The fourth-order valence-electron chi connectivity index (χ4n) is 2.28. The van der Waals surface area contributed by atoms with Crippen molar-refractivity contribution < 1.29 is 21.1 Å². The van der Waals surface area contributed by atoms with Gasteiger partial charge in [0.05, 0.1) is 0 Å². The average Bonchev–Trinajstić information content (AvgIpc) is 2.55. The largest absolute Gasteiger partial charge is 0.306 e. The third-order valence-electron chi connectivity index (χ3n) is 3.02. The molecule has 0 aromatic rings. The molecule has 0 amide bonds. The molecule has 0 aliphatic heterocycles. The minimum atomic E-state index is 0. The molecule has 0 radical (unpaired) electrons. The molecule has 0 spiro atoms. The van der Waals surface area contributed by atoms with Crippen molar-refractivity contribution in [3.63, 3.8) is 0 Å². The van der Waals surface area contributed by atoms with E-state index in [0.29, 0.717) is 0 Å². The quantitative estimate of drug-likeness (QED) is 0.693. The molecule has 1 rings (SSSR count). The van der Waals surface area contributed by atoms with Crippen LogP contribution < -0.4 is 0 Å². The molecule has 2 heteroatoms. The second kappa shape index (κ2) is 6.76. The first-order valence-corrected chi connectivity index (χ1v) is 5.13. The summed E-state index contributed by atoms with van der Waals surface area (Å²) >= 11 is 0. The molecule has 1 unspecified atom stereocenters. The van der Waals surface area contributed by atoms with E-state index in [1.54, 1.807) is 5.92 Å². The molecule has 0 saturated heterocycles. The van der Waals surface area contributed by atoms with Gasteiger partial charge >= 0.3 is 0 Å². The van der Waals surface area contributed by atoms with Crippen LogP contribution in [0.4, 0.5) is 0 Å². The van der Waals surface area contributed by atoms with Gasteiger partial charge in [-0.2, -0.15) is 12.8 Å². The second-order valence-electron chi connectivity index (χ2n) is 3.53. The van der Waals surface area contributed by atoms with E-state index in [1.165, 1.54) is 37.8 Å². The second-order valence-corrected chi connectivity index (χ2v) is 3.53. The van der Waals surface area contributed by atoms with Crippen LogP contribution in [0.2, 0.25) is 0 Å². The first-order chi connectivity index (χ1) is 5.83. The first kappa shape index (κ1) is 13.4. The number of hydrogen-bond donors (Lipinski definition) is 0. The van der Waals surface area contributed by atoms with Crippen LogP contribution in [-0.2, 0) is 21.1 Å². The summed E-state index contributed by atoms with van der Waals surface area (Å²) in [7, 11) is 1.94. The van der Waals surface area contributed by atoms with Crippen LogP contribution in [0.25, 0.3) is 0 Å². The summed E-state index contributed by atoms with van der Waals surface area (Å²) in [6, 6.07) is 0. The molecule has 76 valence electrons. The van der Waals surface area contributed by atoms with Crippen LogP contribution in [0, 0.1) is 11.8 Å². The molecule has 1 aliphatic rings. The van der Waals surface area contributed by atoms with E-state index in [9.17, 15) is 0 Å². The Hall–Kier alpha value is 0.358. The minimum absolute atomic E-state index is 0. The van der Waals surface area contributed by atoms with Gasteiger partial charge in [0.2, 0.25) is 0 Å². The molecular weight excluding hydrogens is 330 g/mol. The fourth-order valence-corrected chi connectivity index (χ4v) is 2.28. The third-order valence-corrected chi connectivity index (χ3v) is 3.02. The van der Waals surface area contributed by atoms with Crippen molar-refractivity contribution in [3.8, 4) is 0 Å². The van der Waals surface area contributed by atoms with Gasteiger partial charge in [0, 0.05) is 28.1 Å². The van der Waals surface area contributed by atoms with E-state index in [4.69, 9.17) is 0 Å². The predicted octanol–water partition coefficient (Wildman–Crippen LogP) is 3.25. The molecule has 0 bridgehead atoms. The SMILES string of the molecule is CC[C-](CC)C1CCCC1=NC.[W]. The Labute approximate surface area is 96.7 Å². The number of hydrogen-bond acceptors (Lipinski definition) is 1. The van der Waals surface area contributed by atoms with Gasteiger partial charge in [0.25, 0.3) is 0 Å². The zero-order valence-electron chi connectivity index (χ0n) is 8.97. The fraction of sp³-hybridized carbons (Fsp3) is 0.818. The molecule has 0 N–H and O–H groups in total. The number of nitrogens with zero attached hydrogens (tertiary/aromatic N) is 1. The molecule has 0 aromatic carbocycles. The van der Waals surface area contributed by atoms with Gasteiger partial charge in [-0.05, 0) is 18.6 Å². The smallest absolute Gasteiger partial charge is 0.0275 e. The van der Waals surface area contributed by atoms with Crippen molar-refractivity contribution in [3.05, 3.63) is 5.92 Å². The molecule has 1 fully saturated rings. The van der Waals surface area contributed by atoms with Gasteiger partial charge in [0.1, 0.15) is 0 Å². The molecule has 1 nitrogen and oxygen atoms in total. The van der Waals surface area contributed by atoms with Gasteiger partial charge in [-0.15, -0.1) is 5.92 Å². The molecule has 1 aliphatic carbocycles. The Kier molecular flexibility index (Phi) is 6.95. The average molecular weight is 350 g/mol. The number of rotatable bonds is 3. The summed E-state index contributed by atoms with van der Waals surface area (Å²) in [6.45, 7) is 4.54. The zero-order valence-corrected chi connectivity index (χ0v) is 11.9. The van der Waals surface area contributed by atoms with Crippen molar-refractivity contribution in [2.24, 2.45) is 10.9 Å². The topological polar surface area (TPSA) is 12.4 Å². The third kappa shape index (κ3) is 3.20. The predicted molar refractivity (Wildman–Crippen MR) is 54.5 cm³/mol. The minimum Gasteiger partial charge on any atom is -0.306 e. The molecule has 13 heavy (non-hydrogen) atoms. The summed E-state index contributed by atoms with van der Waals surface area (Å²) in [4.78, 5) is 4.38. The molecule has 0 heterocycles. The zero-order chi connectivity index (χ0) is 8.97. The van der Waals surface area contributed by atoms with Crippen molar-refractivity contribution in [2.75, 3.05) is 7.05 Å².